The molecule has 3 unspecified atom stereocenters. The molecule has 5 nitrogen and oxygen atoms in total. The quantitative estimate of drug-likeness (QED) is 0.704. The van der Waals surface area contributed by atoms with E-state index in [1.165, 1.54) is 0 Å². The van der Waals surface area contributed by atoms with Gasteiger partial charge in [0.05, 0.1) is 24.0 Å². The Morgan fingerprint density at radius 3 is 2.50 bits per heavy atom. The van der Waals surface area contributed by atoms with Gasteiger partial charge in [0, 0.05) is 0 Å². The fraction of sp³-hybridized carbons (Fsp3) is 0.818. The summed E-state index contributed by atoms with van der Waals surface area (Å²) in [7, 11) is 0. The van der Waals surface area contributed by atoms with E-state index in [9.17, 15) is 14.7 Å². The monoisotopic (exact) mass is 228 g/mol. The number of hydrogen-bond donors (Lipinski definition) is 2. The predicted molar refractivity (Wildman–Crippen MR) is 54.0 cm³/mol. The number of hydrogen-bond acceptors (Lipinski definition) is 3. The number of ether oxygens (including phenoxy) is 1. The topological polar surface area (TPSA) is 87.1 Å². The Labute approximate surface area is 93.4 Å². The summed E-state index contributed by atoms with van der Waals surface area (Å²) >= 11 is 0. The van der Waals surface area contributed by atoms with Crippen molar-refractivity contribution in [2.24, 2.45) is 11.3 Å². The number of aliphatic carboxylic acids is 2. The molecule has 0 spiro atoms. The van der Waals surface area contributed by atoms with Crippen molar-refractivity contribution in [2.45, 2.75) is 38.2 Å². The molecule has 5 heteroatoms. The lowest BCUT2D eigenvalue weighted by atomic mass is 9.64. The third-order valence-electron chi connectivity index (χ3n) is 3.75. The van der Waals surface area contributed by atoms with Crippen molar-refractivity contribution >= 4 is 11.9 Å². The van der Waals surface area contributed by atoms with Crippen molar-refractivity contribution in [1.29, 1.82) is 0 Å². The molecule has 0 radical (unpaired) electrons. The van der Waals surface area contributed by atoms with E-state index in [1.807, 2.05) is 0 Å². The maximum absolute atomic E-state index is 11.4. The first-order chi connectivity index (χ1) is 7.56. The lowest BCUT2D eigenvalue weighted by Crippen LogP contribution is -2.45. The number of carboxylic acid groups (broad SMARTS) is 2. The highest BCUT2D eigenvalue weighted by atomic mass is 16.6. The second-order valence-corrected chi connectivity index (χ2v) is 4.76. The van der Waals surface area contributed by atoms with Crippen molar-refractivity contribution in [1.82, 2.24) is 0 Å². The molecule has 1 aliphatic heterocycles. The molecule has 0 aromatic carbocycles. The van der Waals surface area contributed by atoms with E-state index in [0.717, 1.165) is 12.8 Å². The molecule has 1 saturated carbocycles. The molecule has 90 valence electrons. The molecule has 0 bridgehead atoms. The first-order valence-corrected chi connectivity index (χ1v) is 5.64. The van der Waals surface area contributed by atoms with Crippen LogP contribution < -0.4 is 0 Å². The number of rotatable bonds is 4. The van der Waals surface area contributed by atoms with Crippen molar-refractivity contribution in [3.05, 3.63) is 0 Å². The maximum Gasteiger partial charge on any atom is 0.310 e. The van der Waals surface area contributed by atoms with Gasteiger partial charge in [-0.25, -0.2) is 0 Å². The average Bonchev–Trinajstić information content (AvgIpc) is 3.01. The molecule has 16 heavy (non-hydrogen) atoms. The van der Waals surface area contributed by atoms with Gasteiger partial charge in [0.25, 0.3) is 0 Å². The van der Waals surface area contributed by atoms with E-state index >= 15 is 0 Å². The second-order valence-electron chi connectivity index (χ2n) is 4.76. The van der Waals surface area contributed by atoms with Crippen LogP contribution in [0.3, 0.4) is 0 Å². The molecule has 2 rings (SSSR count). The van der Waals surface area contributed by atoms with E-state index in [-0.39, 0.29) is 6.10 Å². The van der Waals surface area contributed by atoms with Crippen molar-refractivity contribution in [3.63, 3.8) is 0 Å². The molecular weight excluding hydrogens is 212 g/mol. The third-order valence-corrected chi connectivity index (χ3v) is 3.75. The molecule has 2 N–H and O–H groups in total. The van der Waals surface area contributed by atoms with E-state index < -0.39 is 23.3 Å². The largest absolute Gasteiger partial charge is 0.481 e. The van der Waals surface area contributed by atoms with Crippen LogP contribution in [0.4, 0.5) is 0 Å². The zero-order valence-corrected chi connectivity index (χ0v) is 9.02. The summed E-state index contributed by atoms with van der Waals surface area (Å²) in [5.74, 6) is -2.72. The fourth-order valence-electron chi connectivity index (χ4n) is 2.78. The Morgan fingerprint density at radius 1 is 1.31 bits per heavy atom. The lowest BCUT2D eigenvalue weighted by Gasteiger charge is -2.38. The number of carbonyl (C=O) groups is 2. The molecule has 0 amide bonds. The fourth-order valence-corrected chi connectivity index (χ4v) is 2.78. The normalized spacial score (nSPS) is 38.0. The molecule has 3 atom stereocenters. The maximum atomic E-state index is 11.4. The highest BCUT2D eigenvalue weighted by molar-refractivity contribution is 5.83. The summed E-state index contributed by atoms with van der Waals surface area (Å²) in [5.41, 5.74) is -1.11. The Kier molecular flexibility index (Phi) is 2.88. The molecule has 2 fully saturated rings. The Balaban J connectivity index is 2.24. The zero-order chi connectivity index (χ0) is 11.8. The molecule has 0 aromatic heterocycles. The Morgan fingerprint density at radius 2 is 2.00 bits per heavy atom. The summed E-state index contributed by atoms with van der Waals surface area (Å²) < 4.78 is 5.06. The summed E-state index contributed by atoms with van der Waals surface area (Å²) in [5, 5.41) is 18.5. The zero-order valence-electron chi connectivity index (χ0n) is 9.02. The van der Waals surface area contributed by atoms with Crippen LogP contribution >= 0.6 is 0 Å². The number of carboxylic acids is 2. The third kappa shape index (κ3) is 1.91. The highest BCUT2D eigenvalue weighted by Crippen LogP contribution is 2.47. The molecule has 1 aliphatic carbocycles. The van der Waals surface area contributed by atoms with Crippen LogP contribution in [0, 0.1) is 11.3 Å². The summed E-state index contributed by atoms with van der Waals surface area (Å²) in [4.78, 5) is 22.6. The molecule has 0 aromatic rings. The van der Waals surface area contributed by atoms with E-state index in [4.69, 9.17) is 9.84 Å². The van der Waals surface area contributed by atoms with E-state index in [2.05, 4.69) is 0 Å². The molecule has 1 heterocycles. The van der Waals surface area contributed by atoms with Gasteiger partial charge < -0.3 is 14.9 Å². The number of epoxide rings is 1. The van der Waals surface area contributed by atoms with Gasteiger partial charge in [0.15, 0.2) is 0 Å². The lowest BCUT2D eigenvalue weighted by molar-refractivity contribution is -0.167. The minimum absolute atomic E-state index is 0.0453. The summed E-state index contributed by atoms with van der Waals surface area (Å²) in [6, 6.07) is 0. The van der Waals surface area contributed by atoms with Crippen LogP contribution in [0.25, 0.3) is 0 Å². The molecule has 1 saturated heterocycles. The van der Waals surface area contributed by atoms with Crippen LogP contribution in [0.1, 0.15) is 32.1 Å². The van der Waals surface area contributed by atoms with Gasteiger partial charge in [-0.3, -0.25) is 9.59 Å². The van der Waals surface area contributed by atoms with Crippen LogP contribution in [-0.2, 0) is 14.3 Å². The highest BCUT2D eigenvalue weighted by Gasteiger charge is 2.53. The van der Waals surface area contributed by atoms with Gasteiger partial charge >= 0.3 is 11.9 Å². The second kappa shape index (κ2) is 4.05. The van der Waals surface area contributed by atoms with Gasteiger partial charge in [-0.15, -0.1) is 0 Å². The van der Waals surface area contributed by atoms with Crippen LogP contribution in [0.2, 0.25) is 0 Å². The average molecular weight is 228 g/mol. The van der Waals surface area contributed by atoms with E-state index in [0.29, 0.717) is 25.9 Å². The molecular formula is C11H16O5. The van der Waals surface area contributed by atoms with Crippen molar-refractivity contribution < 1.29 is 24.5 Å². The minimum atomic E-state index is -1.11. The smallest absolute Gasteiger partial charge is 0.310 e. The standard InChI is InChI=1S/C11H16O5/c12-9(13)8-3-1-2-4-11(8,10(14)15)5-7-6-16-7/h7-8H,1-6H2,(H,12,13)(H,14,15). The summed E-state index contributed by atoms with van der Waals surface area (Å²) in [6.45, 7) is 0.571. The van der Waals surface area contributed by atoms with Gasteiger partial charge in [-0.2, -0.15) is 0 Å². The summed E-state index contributed by atoms with van der Waals surface area (Å²) in [6.07, 6.45) is 2.82. The minimum Gasteiger partial charge on any atom is -0.481 e. The van der Waals surface area contributed by atoms with Crippen LogP contribution in [0.5, 0.6) is 0 Å². The first kappa shape index (κ1) is 11.4. The molecule has 2 aliphatic rings. The van der Waals surface area contributed by atoms with Gasteiger partial charge in [0.2, 0.25) is 0 Å². The van der Waals surface area contributed by atoms with Crippen molar-refractivity contribution in [2.75, 3.05) is 6.61 Å². The van der Waals surface area contributed by atoms with Crippen molar-refractivity contribution in [3.8, 4) is 0 Å². The van der Waals surface area contributed by atoms with E-state index in [1.54, 1.807) is 0 Å². The predicted octanol–water partition coefficient (Wildman–Crippen LogP) is 1.12. The van der Waals surface area contributed by atoms with Gasteiger partial charge in [0.1, 0.15) is 0 Å². The Bertz CT molecular complexity index is 309. The van der Waals surface area contributed by atoms with Gasteiger partial charge in [-0.1, -0.05) is 12.8 Å². The van der Waals surface area contributed by atoms with Gasteiger partial charge in [-0.05, 0) is 19.3 Å². The SMILES string of the molecule is O=C(O)C1CCCCC1(CC1CO1)C(=O)O. The Hall–Kier alpha value is -1.10. The first-order valence-electron chi connectivity index (χ1n) is 5.64. The van der Waals surface area contributed by atoms with Crippen LogP contribution in [-0.4, -0.2) is 34.9 Å². The van der Waals surface area contributed by atoms with Crippen LogP contribution in [0.15, 0.2) is 0 Å².